The molecule has 4 aliphatic rings. The van der Waals surface area contributed by atoms with Crippen molar-refractivity contribution in [1.82, 2.24) is 0 Å². The summed E-state index contributed by atoms with van der Waals surface area (Å²) in [5.74, 6) is 5.55. The first-order chi connectivity index (χ1) is 14.1. The van der Waals surface area contributed by atoms with E-state index in [-0.39, 0.29) is 11.2 Å². The SMILES string of the molecule is CC(C)C(C)CC[C@@H](C)[C@H]1CC[C@H]2[C@@H]3C[C@H](O)C4=CC(=O)CC[C@]4(C)[C@H]3CC[C@]12C. The molecule has 0 heterocycles. The van der Waals surface area contributed by atoms with Gasteiger partial charge in [-0.25, -0.2) is 0 Å². The highest BCUT2D eigenvalue weighted by atomic mass is 16.3. The van der Waals surface area contributed by atoms with Gasteiger partial charge in [0.05, 0.1) is 6.10 Å². The van der Waals surface area contributed by atoms with Crippen molar-refractivity contribution in [2.45, 2.75) is 105 Å². The fraction of sp³-hybridized carbons (Fsp3) is 0.893. The van der Waals surface area contributed by atoms with Crippen molar-refractivity contribution in [1.29, 1.82) is 0 Å². The maximum absolute atomic E-state index is 12.1. The molecule has 1 unspecified atom stereocenters. The van der Waals surface area contributed by atoms with E-state index in [9.17, 15) is 9.90 Å². The molecule has 170 valence electrons. The van der Waals surface area contributed by atoms with Gasteiger partial charge < -0.3 is 5.11 Å². The monoisotopic (exact) mass is 414 g/mol. The van der Waals surface area contributed by atoms with E-state index in [1.807, 2.05) is 6.08 Å². The molecular formula is C28H46O2. The summed E-state index contributed by atoms with van der Waals surface area (Å²) in [7, 11) is 0. The Balaban J connectivity index is 1.52. The minimum Gasteiger partial charge on any atom is -0.389 e. The summed E-state index contributed by atoms with van der Waals surface area (Å²) in [4.78, 5) is 12.1. The zero-order valence-electron chi connectivity index (χ0n) is 20.4. The highest BCUT2D eigenvalue weighted by Gasteiger charge is 2.60. The fourth-order valence-corrected chi connectivity index (χ4v) is 8.64. The zero-order chi connectivity index (χ0) is 21.8. The molecule has 0 amide bonds. The molecule has 0 aromatic heterocycles. The molecule has 3 fully saturated rings. The third-order valence-electron chi connectivity index (χ3n) is 11.0. The smallest absolute Gasteiger partial charge is 0.155 e. The molecule has 4 aliphatic carbocycles. The molecule has 0 bridgehead atoms. The van der Waals surface area contributed by atoms with Gasteiger partial charge >= 0.3 is 0 Å². The molecule has 4 rings (SSSR count). The lowest BCUT2D eigenvalue weighted by molar-refractivity contribution is -0.119. The van der Waals surface area contributed by atoms with Crippen LogP contribution < -0.4 is 0 Å². The second kappa shape index (κ2) is 8.05. The Kier molecular flexibility index (Phi) is 6.06. The van der Waals surface area contributed by atoms with Crippen LogP contribution >= 0.6 is 0 Å². The van der Waals surface area contributed by atoms with Gasteiger partial charge in [0.2, 0.25) is 0 Å². The number of aliphatic hydroxyl groups excluding tert-OH is 1. The van der Waals surface area contributed by atoms with Crippen LogP contribution in [0.3, 0.4) is 0 Å². The van der Waals surface area contributed by atoms with Gasteiger partial charge in [0, 0.05) is 6.42 Å². The maximum atomic E-state index is 12.1. The first kappa shape index (κ1) is 22.6. The van der Waals surface area contributed by atoms with Crippen LogP contribution in [0.25, 0.3) is 0 Å². The van der Waals surface area contributed by atoms with E-state index in [1.165, 1.54) is 38.5 Å². The number of fused-ring (bicyclic) bond motifs is 5. The predicted molar refractivity (Wildman–Crippen MR) is 124 cm³/mol. The summed E-state index contributed by atoms with van der Waals surface area (Å²) < 4.78 is 0. The summed E-state index contributed by atoms with van der Waals surface area (Å²) in [6, 6.07) is 0. The summed E-state index contributed by atoms with van der Waals surface area (Å²) in [6.07, 6.45) is 12.1. The minimum atomic E-state index is -0.397. The third-order valence-corrected chi connectivity index (χ3v) is 11.0. The number of hydrogen-bond donors (Lipinski definition) is 1. The Hall–Kier alpha value is -0.630. The van der Waals surface area contributed by atoms with Crippen LogP contribution in [0.2, 0.25) is 0 Å². The van der Waals surface area contributed by atoms with Crippen LogP contribution in [0, 0.1) is 52.3 Å². The third kappa shape index (κ3) is 3.54. The second-order valence-electron chi connectivity index (χ2n) is 12.6. The lowest BCUT2D eigenvalue weighted by Crippen LogP contribution is -2.54. The summed E-state index contributed by atoms with van der Waals surface area (Å²) in [5, 5.41) is 11.1. The van der Waals surface area contributed by atoms with Crippen LogP contribution in [0.1, 0.15) is 99.3 Å². The molecule has 2 heteroatoms. The molecule has 0 saturated heterocycles. The molecule has 0 aromatic carbocycles. The molecule has 0 aliphatic heterocycles. The number of ketones is 1. The van der Waals surface area contributed by atoms with Crippen molar-refractivity contribution in [2.75, 3.05) is 0 Å². The maximum Gasteiger partial charge on any atom is 0.155 e. The molecule has 2 nitrogen and oxygen atoms in total. The topological polar surface area (TPSA) is 37.3 Å². The molecule has 0 spiro atoms. The van der Waals surface area contributed by atoms with Crippen LogP contribution in [0.5, 0.6) is 0 Å². The van der Waals surface area contributed by atoms with Gasteiger partial charge in [-0.2, -0.15) is 0 Å². The van der Waals surface area contributed by atoms with E-state index in [1.54, 1.807) is 0 Å². The van der Waals surface area contributed by atoms with Gasteiger partial charge in [-0.1, -0.05) is 54.4 Å². The molecule has 3 saturated carbocycles. The number of hydrogen-bond acceptors (Lipinski definition) is 2. The van der Waals surface area contributed by atoms with Gasteiger partial charge in [-0.05, 0) is 102 Å². The minimum absolute atomic E-state index is 0.0496. The van der Waals surface area contributed by atoms with Gasteiger partial charge in [-0.3, -0.25) is 4.79 Å². The van der Waals surface area contributed by atoms with Crippen molar-refractivity contribution < 1.29 is 9.90 Å². The largest absolute Gasteiger partial charge is 0.389 e. The van der Waals surface area contributed by atoms with Crippen LogP contribution in [0.4, 0.5) is 0 Å². The summed E-state index contributed by atoms with van der Waals surface area (Å²) >= 11 is 0. The Labute approximate surface area is 185 Å². The van der Waals surface area contributed by atoms with Gasteiger partial charge in [-0.15, -0.1) is 0 Å². The van der Waals surface area contributed by atoms with Crippen molar-refractivity contribution in [3.63, 3.8) is 0 Å². The average Bonchev–Trinajstić information content (AvgIpc) is 3.04. The fourth-order valence-electron chi connectivity index (χ4n) is 8.64. The lowest BCUT2D eigenvalue weighted by atomic mass is 9.46. The Morgan fingerprint density at radius 2 is 1.77 bits per heavy atom. The van der Waals surface area contributed by atoms with Gasteiger partial charge in [0.1, 0.15) is 0 Å². The highest BCUT2D eigenvalue weighted by molar-refractivity contribution is 5.91. The van der Waals surface area contributed by atoms with Crippen LogP contribution in [-0.2, 0) is 4.79 Å². The predicted octanol–water partition coefficient (Wildman–Crippen LogP) is 6.81. The quantitative estimate of drug-likeness (QED) is 0.536. The first-order valence-corrected chi connectivity index (χ1v) is 13.0. The van der Waals surface area contributed by atoms with E-state index >= 15 is 0 Å². The van der Waals surface area contributed by atoms with Crippen molar-refractivity contribution in [2.24, 2.45) is 52.3 Å². The Morgan fingerprint density at radius 1 is 1.03 bits per heavy atom. The number of aliphatic hydroxyl groups is 1. The summed E-state index contributed by atoms with van der Waals surface area (Å²) in [5.41, 5.74) is 1.58. The standard InChI is InChI=1S/C28H46O2/c1-17(2)18(3)7-8-19(4)22-9-10-23-21-16-26(30)25-15-20(29)11-13-28(25,6)24(21)12-14-27(22,23)5/h15,17-19,21-24,26,30H,7-14,16H2,1-6H3/t18?,19-,21+,22-,23+,24+,26+,27-,28-/m1/s1. The number of carbonyl (C=O) groups excluding carboxylic acids is 1. The number of rotatable bonds is 5. The van der Waals surface area contributed by atoms with E-state index in [2.05, 4.69) is 41.5 Å². The molecule has 0 aromatic rings. The van der Waals surface area contributed by atoms with Gasteiger partial charge in [0.25, 0.3) is 0 Å². The first-order valence-electron chi connectivity index (χ1n) is 13.0. The zero-order valence-corrected chi connectivity index (χ0v) is 20.4. The van der Waals surface area contributed by atoms with Crippen LogP contribution in [-0.4, -0.2) is 17.0 Å². The number of carbonyl (C=O) groups is 1. The molecule has 0 radical (unpaired) electrons. The molecular weight excluding hydrogens is 368 g/mol. The van der Waals surface area contributed by atoms with E-state index in [4.69, 9.17) is 0 Å². The van der Waals surface area contributed by atoms with Crippen LogP contribution in [0.15, 0.2) is 11.6 Å². The average molecular weight is 415 g/mol. The molecule has 1 N–H and O–H groups in total. The molecule has 9 atom stereocenters. The van der Waals surface area contributed by atoms with E-state index in [0.717, 1.165) is 48.0 Å². The highest BCUT2D eigenvalue weighted by Crippen LogP contribution is 2.67. The Morgan fingerprint density at radius 3 is 2.47 bits per heavy atom. The van der Waals surface area contributed by atoms with Crippen molar-refractivity contribution in [3.8, 4) is 0 Å². The normalized spacial score (nSPS) is 45.4. The van der Waals surface area contributed by atoms with Crippen molar-refractivity contribution >= 4 is 5.78 Å². The summed E-state index contributed by atoms with van der Waals surface area (Å²) in [6.45, 7) is 14.7. The van der Waals surface area contributed by atoms with E-state index in [0.29, 0.717) is 23.7 Å². The van der Waals surface area contributed by atoms with Crippen molar-refractivity contribution in [3.05, 3.63) is 11.6 Å². The lowest BCUT2D eigenvalue weighted by Gasteiger charge is -2.59. The van der Waals surface area contributed by atoms with E-state index < -0.39 is 6.10 Å². The molecule has 30 heavy (non-hydrogen) atoms. The Bertz CT molecular complexity index is 693. The second-order valence-corrected chi connectivity index (χ2v) is 12.6. The van der Waals surface area contributed by atoms with Gasteiger partial charge in [0.15, 0.2) is 5.78 Å².